The first-order valence-electron chi connectivity index (χ1n) is 6.31. The van der Waals surface area contributed by atoms with Crippen LogP contribution in [0.15, 0.2) is 42.7 Å². The van der Waals surface area contributed by atoms with Crippen LogP contribution in [0.2, 0.25) is 0 Å². The molecule has 0 aliphatic heterocycles. The minimum absolute atomic E-state index is 0.618. The molecule has 2 heterocycles. The summed E-state index contributed by atoms with van der Waals surface area (Å²) in [6.45, 7) is 1.87. The third-order valence-electron chi connectivity index (χ3n) is 3.20. The topological polar surface area (TPSA) is 68.8 Å². The summed E-state index contributed by atoms with van der Waals surface area (Å²) in [5.41, 5.74) is 3.03. The van der Waals surface area contributed by atoms with Crippen LogP contribution in [-0.4, -0.2) is 29.9 Å². The predicted octanol–water partition coefficient (Wildman–Crippen LogP) is 1.39. The molecule has 2 aromatic heterocycles. The molecule has 6 nitrogen and oxygen atoms in total. The number of benzene rings is 1. The molecule has 1 atom stereocenters. The monoisotopic (exact) mass is 269 g/mol. The molecule has 3 aromatic rings. The normalized spacial score (nSPS) is 12.6. The van der Waals surface area contributed by atoms with Gasteiger partial charge in [0.25, 0.3) is 0 Å². The van der Waals surface area contributed by atoms with E-state index in [0.717, 1.165) is 16.9 Å². The van der Waals surface area contributed by atoms with E-state index >= 15 is 0 Å². The summed E-state index contributed by atoms with van der Waals surface area (Å²) in [4.78, 5) is 0. The molecule has 0 bridgehead atoms. The summed E-state index contributed by atoms with van der Waals surface area (Å²) in [6, 6.07) is 9.61. The molecular weight excluding hydrogens is 254 g/mol. The molecule has 0 aliphatic carbocycles. The first-order chi connectivity index (χ1) is 9.66. The van der Waals surface area contributed by atoms with Crippen LogP contribution in [-0.2, 0) is 7.05 Å². The second-order valence-electron chi connectivity index (χ2n) is 4.65. The molecule has 6 heteroatoms. The van der Waals surface area contributed by atoms with Crippen LogP contribution < -0.4 is 0 Å². The van der Waals surface area contributed by atoms with Crippen molar-refractivity contribution >= 4 is 0 Å². The molecule has 0 spiro atoms. The Morgan fingerprint density at radius 3 is 2.60 bits per heavy atom. The van der Waals surface area contributed by atoms with Crippen LogP contribution in [0.1, 0.15) is 23.1 Å². The van der Waals surface area contributed by atoms with E-state index in [0.29, 0.717) is 5.69 Å². The summed E-state index contributed by atoms with van der Waals surface area (Å²) < 4.78 is 3.32. The zero-order chi connectivity index (χ0) is 14.1. The molecule has 1 aromatic carbocycles. The lowest BCUT2D eigenvalue weighted by atomic mass is 10.1. The minimum Gasteiger partial charge on any atom is -0.382 e. The van der Waals surface area contributed by atoms with Gasteiger partial charge in [-0.25, -0.2) is 4.68 Å². The van der Waals surface area contributed by atoms with Gasteiger partial charge in [0.1, 0.15) is 6.10 Å². The zero-order valence-electron chi connectivity index (χ0n) is 11.3. The van der Waals surface area contributed by atoms with Crippen LogP contribution >= 0.6 is 0 Å². The van der Waals surface area contributed by atoms with Gasteiger partial charge >= 0.3 is 0 Å². The first kappa shape index (κ1) is 12.6. The molecule has 0 radical (unpaired) electrons. The third-order valence-corrected chi connectivity index (χ3v) is 3.20. The lowest BCUT2D eigenvalue weighted by Gasteiger charge is -2.11. The number of aliphatic hydroxyl groups excluding tert-OH is 1. The van der Waals surface area contributed by atoms with Crippen molar-refractivity contribution in [1.29, 1.82) is 0 Å². The molecule has 102 valence electrons. The SMILES string of the molecule is Cc1nn(C)cc1C(O)c1cnnn1-c1ccccc1. The van der Waals surface area contributed by atoms with E-state index in [1.165, 1.54) is 0 Å². The molecule has 0 amide bonds. The van der Waals surface area contributed by atoms with Gasteiger partial charge in [-0.05, 0) is 19.1 Å². The summed E-state index contributed by atoms with van der Waals surface area (Å²) in [7, 11) is 1.83. The maximum Gasteiger partial charge on any atom is 0.126 e. The van der Waals surface area contributed by atoms with Gasteiger partial charge < -0.3 is 5.11 Å². The van der Waals surface area contributed by atoms with Gasteiger partial charge in [-0.2, -0.15) is 5.10 Å². The van der Waals surface area contributed by atoms with E-state index in [1.807, 2.05) is 50.5 Å². The highest BCUT2D eigenvalue weighted by Gasteiger charge is 2.20. The molecule has 0 aliphatic rings. The van der Waals surface area contributed by atoms with Crippen LogP contribution in [0.25, 0.3) is 5.69 Å². The van der Waals surface area contributed by atoms with E-state index < -0.39 is 6.10 Å². The lowest BCUT2D eigenvalue weighted by Crippen LogP contribution is -2.09. The highest BCUT2D eigenvalue weighted by atomic mass is 16.3. The van der Waals surface area contributed by atoms with Crippen LogP contribution in [0.3, 0.4) is 0 Å². The predicted molar refractivity (Wildman–Crippen MR) is 73.4 cm³/mol. The Bertz CT molecular complexity index is 716. The molecular formula is C14H15N5O. The molecule has 0 saturated heterocycles. The summed E-state index contributed by atoms with van der Waals surface area (Å²) in [5, 5.41) is 22.8. The number of aromatic nitrogens is 5. The minimum atomic E-state index is -0.807. The molecule has 0 fully saturated rings. The average molecular weight is 269 g/mol. The molecule has 1 N–H and O–H groups in total. The fourth-order valence-electron chi connectivity index (χ4n) is 2.24. The van der Waals surface area contributed by atoms with E-state index in [9.17, 15) is 5.11 Å². The quantitative estimate of drug-likeness (QED) is 0.780. The standard InChI is InChI=1S/C14H15N5O/c1-10-12(9-18(2)16-10)14(20)13-8-15-17-19(13)11-6-4-3-5-7-11/h3-9,14,20H,1-2H3. The Morgan fingerprint density at radius 1 is 1.20 bits per heavy atom. The largest absolute Gasteiger partial charge is 0.382 e. The van der Waals surface area contributed by atoms with Crippen molar-refractivity contribution in [2.45, 2.75) is 13.0 Å². The lowest BCUT2D eigenvalue weighted by molar-refractivity contribution is 0.211. The summed E-state index contributed by atoms with van der Waals surface area (Å²) in [6.07, 6.45) is 2.57. The van der Waals surface area contributed by atoms with Gasteiger partial charge in [-0.15, -0.1) is 5.10 Å². The number of hydrogen-bond acceptors (Lipinski definition) is 4. The van der Waals surface area contributed by atoms with Gasteiger partial charge in [0, 0.05) is 18.8 Å². The van der Waals surface area contributed by atoms with E-state index in [4.69, 9.17) is 0 Å². The van der Waals surface area contributed by atoms with Crippen molar-refractivity contribution in [2.24, 2.45) is 7.05 Å². The number of para-hydroxylation sites is 1. The van der Waals surface area contributed by atoms with Crippen molar-refractivity contribution in [3.05, 3.63) is 59.7 Å². The average Bonchev–Trinajstić information content (AvgIpc) is 3.05. The van der Waals surface area contributed by atoms with Gasteiger partial charge in [-0.1, -0.05) is 23.4 Å². The Morgan fingerprint density at radius 2 is 1.95 bits per heavy atom. The number of nitrogens with zero attached hydrogens (tertiary/aromatic N) is 5. The highest BCUT2D eigenvalue weighted by Crippen LogP contribution is 2.24. The fraction of sp³-hybridized carbons (Fsp3) is 0.214. The van der Waals surface area contributed by atoms with Gasteiger partial charge in [-0.3, -0.25) is 4.68 Å². The number of aryl methyl sites for hydroxylation is 2. The Kier molecular flexibility index (Phi) is 3.08. The van der Waals surface area contributed by atoms with E-state index in [2.05, 4.69) is 15.4 Å². The van der Waals surface area contributed by atoms with E-state index in [-0.39, 0.29) is 0 Å². The zero-order valence-corrected chi connectivity index (χ0v) is 11.3. The Hall–Kier alpha value is -2.47. The van der Waals surface area contributed by atoms with Crippen molar-refractivity contribution in [1.82, 2.24) is 24.8 Å². The first-order valence-corrected chi connectivity index (χ1v) is 6.31. The molecule has 0 saturated carbocycles. The summed E-state index contributed by atoms with van der Waals surface area (Å²) in [5.74, 6) is 0. The maximum absolute atomic E-state index is 10.6. The van der Waals surface area contributed by atoms with Crippen LogP contribution in [0.5, 0.6) is 0 Å². The smallest absolute Gasteiger partial charge is 0.126 e. The van der Waals surface area contributed by atoms with Gasteiger partial charge in [0.15, 0.2) is 0 Å². The number of hydrogen-bond donors (Lipinski definition) is 1. The molecule has 20 heavy (non-hydrogen) atoms. The van der Waals surface area contributed by atoms with E-state index in [1.54, 1.807) is 15.6 Å². The van der Waals surface area contributed by atoms with Crippen molar-refractivity contribution in [3.8, 4) is 5.69 Å². The van der Waals surface area contributed by atoms with Crippen molar-refractivity contribution in [2.75, 3.05) is 0 Å². The highest BCUT2D eigenvalue weighted by molar-refractivity contribution is 5.34. The van der Waals surface area contributed by atoms with Crippen LogP contribution in [0, 0.1) is 6.92 Å². The molecule has 1 unspecified atom stereocenters. The van der Waals surface area contributed by atoms with Gasteiger partial charge in [0.2, 0.25) is 0 Å². The Labute approximate surface area is 116 Å². The maximum atomic E-state index is 10.6. The Balaban J connectivity index is 2.04. The van der Waals surface area contributed by atoms with Crippen LogP contribution in [0.4, 0.5) is 0 Å². The fourth-order valence-corrected chi connectivity index (χ4v) is 2.24. The number of aliphatic hydroxyl groups is 1. The van der Waals surface area contributed by atoms with Gasteiger partial charge in [0.05, 0.1) is 23.3 Å². The van der Waals surface area contributed by atoms with Crippen molar-refractivity contribution < 1.29 is 5.11 Å². The second-order valence-corrected chi connectivity index (χ2v) is 4.65. The van der Waals surface area contributed by atoms with Crippen molar-refractivity contribution in [3.63, 3.8) is 0 Å². The third kappa shape index (κ3) is 2.10. The number of rotatable bonds is 3. The summed E-state index contributed by atoms with van der Waals surface area (Å²) >= 11 is 0. The molecule has 3 rings (SSSR count). The second kappa shape index (κ2) is 4.90.